The van der Waals surface area contributed by atoms with Gasteiger partial charge >= 0.3 is 0 Å². The SMILES string of the molecule is O=C1CC(c2cccs2)CC2=C1C(c1cccc(Oc3ccccc3)c1)Nc1ccccc1N2. The van der Waals surface area contributed by atoms with Gasteiger partial charge in [-0.05, 0) is 59.8 Å². The van der Waals surface area contributed by atoms with Gasteiger partial charge in [0.2, 0.25) is 0 Å². The van der Waals surface area contributed by atoms with E-state index in [1.165, 1.54) is 4.88 Å². The Bertz CT molecular complexity index is 1360. The maximum atomic E-state index is 13.6. The third-order valence-electron chi connectivity index (χ3n) is 6.42. The number of thiophene rings is 1. The Hall–Kier alpha value is -3.83. The van der Waals surface area contributed by atoms with Crippen molar-refractivity contribution < 1.29 is 9.53 Å². The number of fused-ring (bicyclic) bond motifs is 1. The fourth-order valence-electron chi connectivity index (χ4n) is 4.85. The fraction of sp³-hybridized carbons (Fsp3) is 0.138. The number of nitrogens with one attached hydrogen (secondary N) is 2. The van der Waals surface area contributed by atoms with Gasteiger partial charge in [0.05, 0.1) is 17.4 Å². The summed E-state index contributed by atoms with van der Waals surface area (Å²) in [4.78, 5) is 14.9. The van der Waals surface area contributed by atoms with Crippen molar-refractivity contribution in [1.29, 1.82) is 0 Å². The molecule has 2 atom stereocenters. The smallest absolute Gasteiger partial charge is 0.163 e. The van der Waals surface area contributed by atoms with Gasteiger partial charge in [-0.15, -0.1) is 11.3 Å². The molecule has 1 aliphatic carbocycles. The van der Waals surface area contributed by atoms with Crippen LogP contribution in [0.5, 0.6) is 11.5 Å². The van der Waals surface area contributed by atoms with Gasteiger partial charge in [0.15, 0.2) is 5.78 Å². The van der Waals surface area contributed by atoms with Crippen molar-refractivity contribution in [2.45, 2.75) is 24.8 Å². The van der Waals surface area contributed by atoms with Gasteiger partial charge in [-0.25, -0.2) is 0 Å². The summed E-state index contributed by atoms with van der Waals surface area (Å²) in [6.45, 7) is 0. The first-order chi connectivity index (χ1) is 16.7. The number of rotatable bonds is 4. The van der Waals surface area contributed by atoms with Crippen LogP contribution in [-0.4, -0.2) is 5.78 Å². The van der Waals surface area contributed by atoms with E-state index in [4.69, 9.17) is 4.74 Å². The topological polar surface area (TPSA) is 50.4 Å². The summed E-state index contributed by atoms with van der Waals surface area (Å²) in [5.41, 5.74) is 4.81. The van der Waals surface area contributed by atoms with Crippen molar-refractivity contribution in [3.8, 4) is 11.5 Å². The highest BCUT2D eigenvalue weighted by Gasteiger charge is 2.36. The molecule has 0 saturated carbocycles. The molecule has 2 heterocycles. The van der Waals surface area contributed by atoms with Gasteiger partial charge in [-0.2, -0.15) is 0 Å². The number of carbonyl (C=O) groups excluding carboxylic acids is 1. The number of allylic oxidation sites excluding steroid dienone is 1. The van der Waals surface area contributed by atoms with Crippen molar-refractivity contribution in [1.82, 2.24) is 0 Å². The Kier molecular flexibility index (Phi) is 5.40. The average Bonchev–Trinajstić information content (AvgIpc) is 3.34. The second-order valence-corrected chi connectivity index (χ2v) is 9.65. The quantitative estimate of drug-likeness (QED) is 0.328. The van der Waals surface area contributed by atoms with E-state index in [1.807, 2.05) is 60.7 Å². The molecule has 2 aliphatic rings. The lowest BCUT2D eigenvalue weighted by molar-refractivity contribution is -0.116. The monoisotopic (exact) mass is 464 g/mol. The summed E-state index contributed by atoms with van der Waals surface area (Å²) >= 11 is 1.73. The number of ketones is 1. The van der Waals surface area contributed by atoms with Gasteiger partial charge in [-0.3, -0.25) is 4.79 Å². The number of hydrogen-bond donors (Lipinski definition) is 2. The van der Waals surface area contributed by atoms with Gasteiger partial charge < -0.3 is 15.4 Å². The molecular formula is C29H24N2O2S. The zero-order chi connectivity index (χ0) is 22.9. The van der Waals surface area contributed by atoms with E-state index in [0.29, 0.717) is 6.42 Å². The number of benzene rings is 3. The molecule has 1 aromatic heterocycles. The van der Waals surface area contributed by atoms with Gasteiger partial charge in [-0.1, -0.05) is 48.5 Å². The highest BCUT2D eigenvalue weighted by molar-refractivity contribution is 7.10. The second kappa shape index (κ2) is 8.84. The van der Waals surface area contributed by atoms with Crippen LogP contribution in [0, 0.1) is 0 Å². The molecule has 0 spiro atoms. The third-order valence-corrected chi connectivity index (χ3v) is 7.46. The molecule has 0 bridgehead atoms. The standard InChI is InChI=1S/C29H24N2O2S/c32-26-18-20(27-14-7-15-34-27)17-25-28(26)29(31-24-13-5-4-12-23(24)30-25)19-8-6-11-22(16-19)33-21-9-2-1-3-10-21/h1-16,20,29-31H,17-18H2. The number of para-hydroxylation sites is 3. The predicted octanol–water partition coefficient (Wildman–Crippen LogP) is 7.52. The molecule has 0 amide bonds. The van der Waals surface area contributed by atoms with Crippen LogP contribution in [0.4, 0.5) is 11.4 Å². The maximum absolute atomic E-state index is 13.6. The Labute approximate surface area is 202 Å². The first-order valence-electron chi connectivity index (χ1n) is 11.5. The number of anilines is 2. The molecule has 168 valence electrons. The van der Waals surface area contributed by atoms with Crippen LogP contribution in [0.1, 0.15) is 35.2 Å². The van der Waals surface area contributed by atoms with E-state index < -0.39 is 0 Å². The van der Waals surface area contributed by atoms with Gasteiger partial charge in [0, 0.05) is 28.5 Å². The summed E-state index contributed by atoms with van der Waals surface area (Å²) in [6, 6.07) is 29.9. The molecule has 4 nitrogen and oxygen atoms in total. The molecule has 5 heteroatoms. The molecule has 1 aliphatic heterocycles. The van der Waals surface area contributed by atoms with Crippen LogP contribution in [0.3, 0.4) is 0 Å². The van der Waals surface area contributed by atoms with Gasteiger partial charge in [0.1, 0.15) is 11.5 Å². The molecule has 0 radical (unpaired) electrons. The Morgan fingerprint density at radius 2 is 1.59 bits per heavy atom. The molecule has 0 fully saturated rings. The van der Waals surface area contributed by atoms with Crippen LogP contribution < -0.4 is 15.4 Å². The molecule has 34 heavy (non-hydrogen) atoms. The summed E-state index contributed by atoms with van der Waals surface area (Å²) in [5.74, 6) is 1.93. The van der Waals surface area contributed by atoms with E-state index >= 15 is 0 Å². The minimum atomic E-state index is -0.262. The van der Waals surface area contributed by atoms with E-state index in [2.05, 4.69) is 46.3 Å². The van der Waals surface area contributed by atoms with Crippen LogP contribution in [-0.2, 0) is 4.79 Å². The fourth-order valence-corrected chi connectivity index (χ4v) is 5.68. The van der Waals surface area contributed by atoms with Crippen LogP contribution in [0.2, 0.25) is 0 Å². The summed E-state index contributed by atoms with van der Waals surface area (Å²) in [6.07, 6.45) is 1.34. The Morgan fingerprint density at radius 1 is 0.794 bits per heavy atom. The summed E-state index contributed by atoms with van der Waals surface area (Å²) in [5, 5.41) is 9.34. The molecular weight excluding hydrogens is 440 g/mol. The minimum Gasteiger partial charge on any atom is -0.457 e. The largest absolute Gasteiger partial charge is 0.457 e. The highest BCUT2D eigenvalue weighted by atomic mass is 32.1. The van der Waals surface area contributed by atoms with Crippen LogP contribution in [0.25, 0.3) is 0 Å². The lowest BCUT2D eigenvalue weighted by Crippen LogP contribution is -2.26. The molecule has 6 rings (SSSR count). The maximum Gasteiger partial charge on any atom is 0.163 e. The number of ether oxygens (including phenoxy) is 1. The van der Waals surface area contributed by atoms with Crippen molar-refractivity contribution in [2.75, 3.05) is 10.6 Å². The normalized spacial score (nSPS) is 19.4. The van der Waals surface area contributed by atoms with E-state index in [9.17, 15) is 4.79 Å². The lowest BCUT2D eigenvalue weighted by Gasteiger charge is -2.29. The third kappa shape index (κ3) is 3.99. The number of carbonyl (C=O) groups is 1. The molecule has 0 saturated heterocycles. The van der Waals surface area contributed by atoms with Crippen molar-refractivity contribution in [2.24, 2.45) is 0 Å². The lowest BCUT2D eigenvalue weighted by atomic mass is 9.81. The average molecular weight is 465 g/mol. The first kappa shape index (κ1) is 20.8. The van der Waals surface area contributed by atoms with Crippen LogP contribution >= 0.6 is 11.3 Å². The molecule has 4 aromatic rings. The zero-order valence-corrected chi connectivity index (χ0v) is 19.3. The zero-order valence-electron chi connectivity index (χ0n) is 18.5. The summed E-state index contributed by atoms with van der Waals surface area (Å²) < 4.78 is 6.10. The van der Waals surface area contributed by atoms with E-state index in [-0.39, 0.29) is 17.7 Å². The predicted molar refractivity (Wildman–Crippen MR) is 138 cm³/mol. The molecule has 3 aromatic carbocycles. The van der Waals surface area contributed by atoms with E-state index in [1.54, 1.807) is 11.3 Å². The molecule has 2 unspecified atom stereocenters. The summed E-state index contributed by atoms with van der Waals surface area (Å²) in [7, 11) is 0. The number of Topliss-reactive ketones (excluding diaryl/α,β-unsaturated/α-hetero) is 1. The van der Waals surface area contributed by atoms with Crippen LogP contribution in [0.15, 0.2) is 108 Å². The number of hydrogen-bond acceptors (Lipinski definition) is 5. The van der Waals surface area contributed by atoms with Crippen molar-refractivity contribution in [3.63, 3.8) is 0 Å². The second-order valence-electron chi connectivity index (χ2n) is 8.67. The highest BCUT2D eigenvalue weighted by Crippen LogP contribution is 2.45. The van der Waals surface area contributed by atoms with Crippen molar-refractivity contribution in [3.05, 3.63) is 118 Å². The molecule has 2 N–H and O–H groups in total. The minimum absolute atomic E-state index is 0.187. The first-order valence-corrected chi connectivity index (χ1v) is 12.4. The van der Waals surface area contributed by atoms with E-state index in [0.717, 1.165) is 46.1 Å². The van der Waals surface area contributed by atoms with Crippen molar-refractivity contribution >= 4 is 28.5 Å². The Morgan fingerprint density at radius 3 is 2.41 bits per heavy atom. The Balaban J connectivity index is 1.41. The van der Waals surface area contributed by atoms with Gasteiger partial charge in [0.25, 0.3) is 0 Å².